The van der Waals surface area contributed by atoms with Gasteiger partial charge in [-0.05, 0) is 50.5 Å². The maximum Gasteiger partial charge on any atom is 0.317 e. The van der Waals surface area contributed by atoms with Gasteiger partial charge < -0.3 is 33.6 Å². The number of aromatic nitrogens is 8. The van der Waals surface area contributed by atoms with Crippen LogP contribution in [0.2, 0.25) is 0 Å². The summed E-state index contributed by atoms with van der Waals surface area (Å²) in [6.45, 7) is 3.00. The molecule has 5 fully saturated rings. The molecule has 0 unspecified atom stereocenters. The number of nitrogens with zero attached hydrogens (tertiary/aromatic N) is 12. The minimum absolute atomic E-state index is 0.0210. The molecule has 4 aromatic heterocycles. The van der Waals surface area contributed by atoms with Gasteiger partial charge >= 0.3 is 6.01 Å². The molecule has 308 valence electrons. The van der Waals surface area contributed by atoms with Gasteiger partial charge in [0, 0.05) is 63.6 Å². The molecule has 1 saturated carbocycles. The standard InChI is InChI=1S/C41H39F3N12O4/c1-20-47-31-12-22(43)10-27-30-8-9-45-41(48-30)60-25-14-33(38(57)51(2)17-26(59-3)19-52(20)35(27)31)54(18-25)36-28-15-46-56(32-7-4-21(42)11-29(32)44)37(28)50-40(49-36)55-24-13-34(55)39(58)53(16-24)23-5-6-23/h4,7-12,15,23-26,33-34H,5-6,13-14,16-19H2,1-3H3/t24-,25+,26+,33+,34+/m1/s1. The number of fused-ring (bicyclic) bond motifs is 8. The maximum atomic E-state index is 15.4. The summed E-state index contributed by atoms with van der Waals surface area (Å²) in [5.41, 5.74) is 2.22. The summed E-state index contributed by atoms with van der Waals surface area (Å²) in [7, 11) is 3.29. The summed E-state index contributed by atoms with van der Waals surface area (Å²) < 4.78 is 60.3. The van der Waals surface area contributed by atoms with E-state index in [4.69, 9.17) is 24.4 Å². The average molecular weight is 821 g/mol. The average Bonchev–Trinajstić information content (AvgIpc) is 3.73. The molecule has 2 amide bonds. The highest BCUT2D eigenvalue weighted by Gasteiger charge is 2.55. The lowest BCUT2D eigenvalue weighted by Crippen LogP contribution is -2.72. The van der Waals surface area contributed by atoms with Gasteiger partial charge in [-0.2, -0.15) is 20.1 Å². The number of ether oxygens (including phenoxy) is 2. The SMILES string of the molecule is CO[C@H]1CN(C)C(=O)[C@@H]2C[C@@H](CN2c2nc(N3[C@@H]4C[C@H]3C(=O)N(C3CC3)C4)nc3c2cnn3-c2ccc(F)cc2F)Oc2nccc(n2)-c2cc(F)cc3nc(C)n(c23)C1. The van der Waals surface area contributed by atoms with E-state index in [1.165, 1.54) is 29.1 Å². The van der Waals surface area contributed by atoms with Crippen molar-refractivity contribution in [2.24, 2.45) is 0 Å². The van der Waals surface area contributed by atoms with Gasteiger partial charge in [0.25, 0.3) is 0 Å². The van der Waals surface area contributed by atoms with E-state index in [1.54, 1.807) is 31.3 Å². The third-order valence-corrected chi connectivity index (χ3v) is 12.5. The predicted molar refractivity (Wildman–Crippen MR) is 210 cm³/mol. The van der Waals surface area contributed by atoms with Crippen LogP contribution >= 0.6 is 0 Å². The molecule has 6 aliphatic rings. The Labute approximate surface area is 340 Å². The number of rotatable bonds is 5. The van der Waals surface area contributed by atoms with Crippen LogP contribution in [0, 0.1) is 24.4 Å². The lowest BCUT2D eigenvalue weighted by atomic mass is 9.87. The summed E-state index contributed by atoms with van der Waals surface area (Å²) in [5, 5.41) is 4.92. The van der Waals surface area contributed by atoms with Crippen LogP contribution in [-0.4, -0.2) is 131 Å². The molecule has 6 bridgehead atoms. The summed E-state index contributed by atoms with van der Waals surface area (Å²) >= 11 is 0. The predicted octanol–water partition coefficient (Wildman–Crippen LogP) is 3.81. The zero-order valence-electron chi connectivity index (χ0n) is 32.9. The van der Waals surface area contributed by atoms with Crippen LogP contribution in [0.25, 0.3) is 39.0 Å². The third kappa shape index (κ3) is 5.83. The van der Waals surface area contributed by atoms with Crippen LogP contribution in [0.3, 0.4) is 0 Å². The molecular formula is C41H39F3N12O4. The number of carbonyl (C=O) groups excluding carboxylic acids is 2. The highest BCUT2D eigenvalue weighted by molar-refractivity contribution is 5.95. The Morgan fingerprint density at radius 2 is 1.70 bits per heavy atom. The van der Waals surface area contributed by atoms with Crippen molar-refractivity contribution in [3.63, 3.8) is 0 Å². The fraction of sp³-hybridized carbons (Fsp3) is 0.415. The summed E-state index contributed by atoms with van der Waals surface area (Å²) in [6, 6.07) is 6.62. The third-order valence-electron chi connectivity index (χ3n) is 12.5. The Bertz CT molecular complexity index is 2760. The van der Waals surface area contributed by atoms with Gasteiger partial charge in [-0.15, -0.1) is 0 Å². The van der Waals surface area contributed by atoms with E-state index in [0.29, 0.717) is 58.8 Å². The van der Waals surface area contributed by atoms with Crippen LogP contribution in [0.15, 0.2) is 48.8 Å². The van der Waals surface area contributed by atoms with Crippen molar-refractivity contribution in [1.82, 2.24) is 49.1 Å². The minimum atomic E-state index is -0.845. The molecule has 2 aromatic carbocycles. The topological polar surface area (TPSA) is 153 Å². The molecule has 0 spiro atoms. The Hall–Kier alpha value is -6.37. The van der Waals surface area contributed by atoms with Crippen LogP contribution < -0.4 is 14.5 Å². The van der Waals surface area contributed by atoms with Crippen LogP contribution in [0.5, 0.6) is 6.01 Å². The van der Waals surface area contributed by atoms with Crippen molar-refractivity contribution in [1.29, 1.82) is 0 Å². The molecule has 6 aromatic rings. The largest absolute Gasteiger partial charge is 0.458 e. The number of anilines is 2. The number of hydrogen-bond donors (Lipinski definition) is 0. The second-order valence-electron chi connectivity index (χ2n) is 16.3. The zero-order chi connectivity index (χ0) is 41.1. The molecular weight excluding hydrogens is 782 g/mol. The van der Waals surface area contributed by atoms with Gasteiger partial charge in [-0.3, -0.25) is 9.59 Å². The molecule has 5 aliphatic heterocycles. The summed E-state index contributed by atoms with van der Waals surface area (Å²) in [6.07, 6.45) is 4.73. The Morgan fingerprint density at radius 3 is 2.48 bits per heavy atom. The van der Waals surface area contributed by atoms with Crippen molar-refractivity contribution < 1.29 is 32.2 Å². The first-order valence-corrected chi connectivity index (χ1v) is 20.0. The van der Waals surface area contributed by atoms with E-state index in [0.717, 1.165) is 25.0 Å². The normalized spacial score (nSPS) is 24.2. The highest BCUT2D eigenvalue weighted by Crippen LogP contribution is 2.43. The number of likely N-dealkylation sites (N-methyl/N-ethyl adjacent to an activating group) is 1. The second kappa shape index (κ2) is 13.6. The number of benzene rings is 2. The van der Waals surface area contributed by atoms with Crippen molar-refractivity contribution in [2.75, 3.05) is 43.6 Å². The molecule has 0 N–H and O–H groups in total. The van der Waals surface area contributed by atoms with Crippen LogP contribution in [0.4, 0.5) is 24.9 Å². The second-order valence-corrected chi connectivity index (χ2v) is 16.3. The molecule has 19 heteroatoms. The lowest BCUT2D eigenvalue weighted by molar-refractivity contribution is -0.140. The molecule has 16 nitrogen and oxygen atoms in total. The van der Waals surface area contributed by atoms with Crippen molar-refractivity contribution in [2.45, 2.75) is 75.5 Å². The van der Waals surface area contributed by atoms with E-state index >= 15 is 8.78 Å². The quantitative estimate of drug-likeness (QED) is 0.249. The first kappa shape index (κ1) is 36.7. The van der Waals surface area contributed by atoms with E-state index in [-0.39, 0.29) is 66.7 Å². The molecule has 1 aliphatic carbocycles. The number of piperazine rings is 1. The number of carbonyl (C=O) groups is 2. The molecule has 5 atom stereocenters. The molecule has 0 radical (unpaired) electrons. The van der Waals surface area contributed by atoms with Gasteiger partial charge in [0.05, 0.1) is 53.5 Å². The Kier molecular flexibility index (Phi) is 8.31. The van der Waals surface area contributed by atoms with E-state index in [1.807, 2.05) is 26.2 Å². The number of amides is 2. The molecule has 9 heterocycles. The van der Waals surface area contributed by atoms with Gasteiger partial charge in [0.15, 0.2) is 11.5 Å². The number of methoxy groups -OCH3 is 1. The highest BCUT2D eigenvalue weighted by atomic mass is 19.1. The molecule has 12 rings (SSSR count). The number of piperidine rings is 1. The number of imidazole rings is 1. The molecule has 4 saturated heterocycles. The lowest BCUT2D eigenvalue weighted by Gasteiger charge is -2.55. The number of halogens is 3. The molecule has 60 heavy (non-hydrogen) atoms. The first-order valence-electron chi connectivity index (χ1n) is 20.0. The van der Waals surface area contributed by atoms with E-state index in [2.05, 4.69) is 15.1 Å². The van der Waals surface area contributed by atoms with Crippen molar-refractivity contribution in [3.05, 3.63) is 72.1 Å². The Morgan fingerprint density at radius 1 is 0.850 bits per heavy atom. The van der Waals surface area contributed by atoms with Gasteiger partial charge in [0.2, 0.25) is 17.8 Å². The van der Waals surface area contributed by atoms with Crippen LogP contribution in [0.1, 0.15) is 31.5 Å². The van der Waals surface area contributed by atoms with Gasteiger partial charge in [-0.1, -0.05) is 0 Å². The number of aryl methyl sites for hydroxylation is 1. The first-order chi connectivity index (χ1) is 29.0. The monoisotopic (exact) mass is 820 g/mol. The zero-order valence-corrected chi connectivity index (χ0v) is 32.9. The van der Waals surface area contributed by atoms with Crippen molar-refractivity contribution in [3.8, 4) is 23.0 Å². The van der Waals surface area contributed by atoms with Gasteiger partial charge in [-0.25, -0.2) is 27.8 Å². The smallest absolute Gasteiger partial charge is 0.317 e. The Balaban J connectivity index is 1.04. The van der Waals surface area contributed by atoms with E-state index < -0.39 is 41.7 Å². The maximum absolute atomic E-state index is 15.4. The van der Waals surface area contributed by atoms with Crippen LogP contribution in [-0.2, 0) is 20.9 Å². The van der Waals surface area contributed by atoms with Crippen molar-refractivity contribution >= 4 is 45.6 Å². The van der Waals surface area contributed by atoms with E-state index in [9.17, 15) is 14.0 Å². The van der Waals surface area contributed by atoms with Gasteiger partial charge in [0.1, 0.15) is 47.2 Å². The fourth-order valence-electron chi connectivity index (χ4n) is 9.43. The minimum Gasteiger partial charge on any atom is -0.458 e. The number of hydrogen-bond acceptors (Lipinski definition) is 12. The summed E-state index contributed by atoms with van der Waals surface area (Å²) in [4.78, 5) is 59.7. The summed E-state index contributed by atoms with van der Waals surface area (Å²) in [5.74, 6) is -1.09. The fourth-order valence-corrected chi connectivity index (χ4v) is 9.43.